The van der Waals surface area contributed by atoms with Crippen LogP contribution in [0.5, 0.6) is 0 Å². The van der Waals surface area contributed by atoms with E-state index in [1.54, 1.807) is 4.57 Å². The van der Waals surface area contributed by atoms with Crippen LogP contribution in [0.15, 0.2) is 49.4 Å². The summed E-state index contributed by atoms with van der Waals surface area (Å²) in [5.41, 5.74) is 0.786. The predicted molar refractivity (Wildman–Crippen MR) is 119 cm³/mol. The number of aryl methyl sites for hydroxylation is 1. The molecule has 8 nitrogen and oxygen atoms in total. The zero-order valence-corrected chi connectivity index (χ0v) is 18.1. The van der Waals surface area contributed by atoms with Crippen LogP contribution in [0.4, 0.5) is 5.82 Å². The number of fused-ring (bicyclic) bond motifs is 1. The van der Waals surface area contributed by atoms with Crippen LogP contribution in [0.25, 0.3) is 11.4 Å². The van der Waals surface area contributed by atoms with Gasteiger partial charge in [0.15, 0.2) is 0 Å². The van der Waals surface area contributed by atoms with E-state index in [2.05, 4.69) is 22.1 Å². The molecule has 0 N–H and O–H groups in total. The fourth-order valence-electron chi connectivity index (χ4n) is 3.65. The standard InChI is InChI=1S/C22H24ClN5O3/c1-2-3-12-27-20-16(14-17(23)24-20)21(29)28(22(27)30)13-8-7-11-18-25-19(26-31-18)15-9-5-4-6-10-15/h4-6,9-10H,2-3,7-8,11-14H2,1H3. The Morgan fingerprint density at radius 2 is 1.84 bits per heavy atom. The van der Waals surface area contributed by atoms with E-state index in [0.717, 1.165) is 18.4 Å². The molecular formula is C22H24ClN5O3. The Hall–Kier alpha value is -3.00. The molecule has 0 aliphatic carbocycles. The van der Waals surface area contributed by atoms with Crippen LogP contribution in [0.1, 0.15) is 44.1 Å². The van der Waals surface area contributed by atoms with Crippen LogP contribution in [-0.2, 0) is 25.9 Å². The summed E-state index contributed by atoms with van der Waals surface area (Å²) in [6, 6.07) is 9.63. The molecule has 4 rings (SSSR count). The van der Waals surface area contributed by atoms with Crippen molar-refractivity contribution in [2.24, 2.45) is 4.99 Å². The molecule has 0 bridgehead atoms. The molecule has 0 unspecified atom stereocenters. The summed E-state index contributed by atoms with van der Waals surface area (Å²) in [6.07, 6.45) is 3.99. The minimum atomic E-state index is -0.323. The second-order valence-corrected chi connectivity index (χ2v) is 7.98. The van der Waals surface area contributed by atoms with Crippen LogP contribution < -0.4 is 11.2 Å². The second-order valence-electron chi connectivity index (χ2n) is 7.55. The molecule has 1 aliphatic heterocycles. The van der Waals surface area contributed by atoms with Crippen molar-refractivity contribution >= 4 is 22.6 Å². The predicted octanol–water partition coefficient (Wildman–Crippen LogP) is 3.71. The molecule has 1 aliphatic rings. The monoisotopic (exact) mass is 441 g/mol. The maximum Gasteiger partial charge on any atom is 0.332 e. The van der Waals surface area contributed by atoms with Gasteiger partial charge >= 0.3 is 5.69 Å². The first-order valence-corrected chi connectivity index (χ1v) is 10.9. The molecule has 3 aromatic rings. The minimum absolute atomic E-state index is 0.284. The summed E-state index contributed by atoms with van der Waals surface area (Å²) >= 11 is 6.06. The molecule has 162 valence electrons. The normalized spacial score (nSPS) is 12.8. The third-order valence-corrected chi connectivity index (χ3v) is 5.52. The fourth-order valence-corrected chi connectivity index (χ4v) is 3.86. The average Bonchev–Trinajstić information content (AvgIpc) is 3.40. The van der Waals surface area contributed by atoms with E-state index in [4.69, 9.17) is 16.1 Å². The molecule has 0 fully saturated rings. The summed E-state index contributed by atoms with van der Waals surface area (Å²) in [5, 5.41) is 4.37. The molecule has 0 saturated carbocycles. The van der Waals surface area contributed by atoms with Gasteiger partial charge in [-0.2, -0.15) is 4.98 Å². The molecule has 0 amide bonds. The first-order valence-electron chi connectivity index (χ1n) is 10.6. The van der Waals surface area contributed by atoms with Crippen molar-refractivity contribution in [1.82, 2.24) is 19.3 Å². The lowest BCUT2D eigenvalue weighted by Crippen LogP contribution is -2.41. The molecule has 0 radical (unpaired) electrons. The molecule has 3 heterocycles. The Kier molecular flexibility index (Phi) is 6.46. The van der Waals surface area contributed by atoms with Crippen LogP contribution in [0, 0.1) is 0 Å². The van der Waals surface area contributed by atoms with Gasteiger partial charge in [0, 0.05) is 31.5 Å². The van der Waals surface area contributed by atoms with Gasteiger partial charge in [-0.1, -0.05) is 60.4 Å². The lowest BCUT2D eigenvalue weighted by Gasteiger charge is -2.13. The summed E-state index contributed by atoms with van der Waals surface area (Å²) in [6.45, 7) is 2.91. The second kappa shape index (κ2) is 9.43. The summed E-state index contributed by atoms with van der Waals surface area (Å²) in [7, 11) is 0. The first kappa shape index (κ1) is 21.2. The van der Waals surface area contributed by atoms with E-state index in [-0.39, 0.29) is 17.7 Å². The first-order chi connectivity index (χ1) is 15.1. The highest BCUT2D eigenvalue weighted by Gasteiger charge is 2.24. The van der Waals surface area contributed by atoms with Crippen molar-refractivity contribution in [2.45, 2.75) is 58.5 Å². The number of unbranched alkanes of at least 4 members (excludes halogenated alkanes) is 2. The number of benzene rings is 1. The highest BCUT2D eigenvalue weighted by Crippen LogP contribution is 2.24. The Labute approximate surface area is 184 Å². The average molecular weight is 442 g/mol. The Bertz CT molecular complexity index is 1210. The largest absolute Gasteiger partial charge is 0.339 e. The van der Waals surface area contributed by atoms with E-state index in [9.17, 15) is 9.59 Å². The van der Waals surface area contributed by atoms with E-state index >= 15 is 0 Å². The maximum atomic E-state index is 13.0. The fraction of sp³-hybridized carbons (Fsp3) is 0.409. The zero-order chi connectivity index (χ0) is 21.8. The Balaban J connectivity index is 1.44. The number of aliphatic imine (C=N–C) groups is 1. The molecule has 1 aromatic carbocycles. The van der Waals surface area contributed by atoms with Crippen LogP contribution >= 0.6 is 11.6 Å². The number of halogens is 1. The Morgan fingerprint density at radius 1 is 1.06 bits per heavy atom. The van der Waals surface area contributed by atoms with Crippen molar-refractivity contribution in [3.05, 3.63) is 62.6 Å². The van der Waals surface area contributed by atoms with Crippen molar-refractivity contribution in [3.8, 4) is 11.4 Å². The van der Waals surface area contributed by atoms with Crippen molar-refractivity contribution in [1.29, 1.82) is 0 Å². The highest BCUT2D eigenvalue weighted by molar-refractivity contribution is 6.66. The van der Waals surface area contributed by atoms with Gasteiger partial charge in [-0.25, -0.2) is 9.79 Å². The van der Waals surface area contributed by atoms with Crippen molar-refractivity contribution < 1.29 is 4.52 Å². The van der Waals surface area contributed by atoms with Gasteiger partial charge in [0.25, 0.3) is 5.56 Å². The number of aromatic nitrogens is 4. The summed E-state index contributed by atoms with van der Waals surface area (Å²) < 4.78 is 8.22. The molecular weight excluding hydrogens is 418 g/mol. The smallest absolute Gasteiger partial charge is 0.332 e. The van der Waals surface area contributed by atoms with Gasteiger partial charge in [0.2, 0.25) is 11.7 Å². The summed E-state index contributed by atoms with van der Waals surface area (Å²) in [5.74, 6) is 1.52. The lowest BCUT2D eigenvalue weighted by atomic mass is 10.2. The number of hydrogen-bond donors (Lipinski definition) is 0. The van der Waals surface area contributed by atoms with Gasteiger partial charge in [-0.3, -0.25) is 13.9 Å². The number of nitrogens with zero attached hydrogens (tertiary/aromatic N) is 5. The zero-order valence-electron chi connectivity index (χ0n) is 17.4. The summed E-state index contributed by atoms with van der Waals surface area (Å²) in [4.78, 5) is 34.5. The van der Waals surface area contributed by atoms with E-state index in [1.807, 2.05) is 30.3 Å². The molecule has 0 atom stereocenters. The Morgan fingerprint density at radius 3 is 2.61 bits per heavy atom. The third kappa shape index (κ3) is 4.54. The van der Waals surface area contributed by atoms with Crippen molar-refractivity contribution in [3.63, 3.8) is 0 Å². The lowest BCUT2D eigenvalue weighted by molar-refractivity contribution is 0.372. The van der Waals surface area contributed by atoms with Crippen LogP contribution in [-0.4, -0.2) is 24.4 Å². The van der Waals surface area contributed by atoms with Crippen LogP contribution in [0.3, 0.4) is 0 Å². The maximum absolute atomic E-state index is 13.0. The van der Waals surface area contributed by atoms with Crippen molar-refractivity contribution in [2.75, 3.05) is 0 Å². The SMILES string of the molecule is CCCCn1c2c(c(=O)n(CCCCc3nc(-c4ccccc4)no3)c1=O)CC(Cl)=N2. The number of rotatable bonds is 9. The highest BCUT2D eigenvalue weighted by atomic mass is 35.5. The van der Waals surface area contributed by atoms with Gasteiger partial charge in [0.05, 0.1) is 5.56 Å². The topological polar surface area (TPSA) is 95.3 Å². The van der Waals surface area contributed by atoms with E-state index in [1.165, 1.54) is 4.57 Å². The quantitative estimate of drug-likeness (QED) is 0.472. The molecule has 31 heavy (non-hydrogen) atoms. The van der Waals surface area contributed by atoms with Gasteiger partial charge in [-0.15, -0.1) is 0 Å². The van der Waals surface area contributed by atoms with Gasteiger partial charge in [-0.05, 0) is 19.3 Å². The molecule has 0 saturated heterocycles. The third-order valence-electron chi connectivity index (χ3n) is 5.30. The molecule has 9 heteroatoms. The van der Waals surface area contributed by atoms with E-state index < -0.39 is 0 Å². The van der Waals surface area contributed by atoms with Gasteiger partial charge < -0.3 is 4.52 Å². The number of hydrogen-bond acceptors (Lipinski definition) is 6. The molecule has 0 spiro atoms. The van der Waals surface area contributed by atoms with Gasteiger partial charge in [0.1, 0.15) is 11.0 Å². The van der Waals surface area contributed by atoms with E-state index in [0.29, 0.717) is 60.6 Å². The minimum Gasteiger partial charge on any atom is -0.339 e. The van der Waals surface area contributed by atoms with Crippen LogP contribution in [0.2, 0.25) is 0 Å². The molecule has 2 aromatic heterocycles.